The van der Waals surface area contributed by atoms with Crippen molar-refractivity contribution < 1.29 is 18.5 Å². The Hall–Kier alpha value is -1.32. The van der Waals surface area contributed by atoms with Crippen molar-refractivity contribution >= 4 is 17.0 Å². The standard InChI is InChI=1S/C15H26N4O4S/c1-13(2,3)12(20)23-10-19-7-11(16-18-19)15(8-22-9-15)17-24(21)14(4,5)6/h7,17H,8-10H2,1-6H3. The minimum atomic E-state index is -1.26. The lowest BCUT2D eigenvalue weighted by atomic mass is 9.95. The predicted molar refractivity (Wildman–Crippen MR) is 89.1 cm³/mol. The van der Waals surface area contributed by atoms with Gasteiger partial charge in [0.15, 0.2) is 6.73 Å². The van der Waals surface area contributed by atoms with Crippen molar-refractivity contribution in [1.82, 2.24) is 19.7 Å². The smallest absolute Gasteiger partial charge is 0.313 e. The maximum Gasteiger partial charge on any atom is 0.313 e. The van der Waals surface area contributed by atoms with Gasteiger partial charge in [0, 0.05) is 0 Å². The van der Waals surface area contributed by atoms with Crippen LogP contribution in [-0.4, -0.2) is 43.1 Å². The van der Waals surface area contributed by atoms with Gasteiger partial charge in [-0.3, -0.25) is 4.79 Å². The van der Waals surface area contributed by atoms with Crippen molar-refractivity contribution in [3.63, 3.8) is 0 Å². The number of rotatable bonds is 5. The van der Waals surface area contributed by atoms with E-state index in [9.17, 15) is 9.00 Å². The summed E-state index contributed by atoms with van der Waals surface area (Å²) in [5.41, 5.74) is -0.569. The van der Waals surface area contributed by atoms with E-state index in [4.69, 9.17) is 9.47 Å². The zero-order chi connectivity index (χ0) is 18.2. The molecule has 0 aliphatic carbocycles. The summed E-state index contributed by atoms with van der Waals surface area (Å²) in [5, 5.41) is 8.11. The fraction of sp³-hybridized carbons (Fsp3) is 0.800. The lowest BCUT2D eigenvalue weighted by molar-refractivity contribution is -0.157. The van der Waals surface area contributed by atoms with E-state index < -0.39 is 26.7 Å². The number of carbonyl (C=O) groups is 1. The Kier molecular flexibility index (Phi) is 5.17. The van der Waals surface area contributed by atoms with Crippen LogP contribution in [0, 0.1) is 5.41 Å². The third-order valence-electron chi connectivity index (χ3n) is 3.51. The second kappa shape index (κ2) is 6.53. The second-order valence-electron chi connectivity index (χ2n) is 8.01. The van der Waals surface area contributed by atoms with Gasteiger partial charge < -0.3 is 9.47 Å². The summed E-state index contributed by atoms with van der Waals surface area (Å²) in [6.45, 7) is 11.8. The molecule has 0 amide bonds. The third-order valence-corrected chi connectivity index (χ3v) is 5.20. The van der Waals surface area contributed by atoms with E-state index >= 15 is 0 Å². The number of hydrogen-bond acceptors (Lipinski definition) is 6. The first-order valence-electron chi connectivity index (χ1n) is 7.79. The van der Waals surface area contributed by atoms with Gasteiger partial charge in [-0.25, -0.2) is 13.6 Å². The zero-order valence-corrected chi connectivity index (χ0v) is 15.9. The quantitative estimate of drug-likeness (QED) is 0.792. The molecule has 136 valence electrons. The van der Waals surface area contributed by atoms with Crippen LogP contribution in [0.15, 0.2) is 6.20 Å². The molecular weight excluding hydrogens is 332 g/mol. The van der Waals surface area contributed by atoms with Crippen LogP contribution in [0.25, 0.3) is 0 Å². The van der Waals surface area contributed by atoms with Crippen molar-refractivity contribution in [2.45, 2.75) is 58.6 Å². The van der Waals surface area contributed by atoms with E-state index in [1.165, 1.54) is 4.68 Å². The van der Waals surface area contributed by atoms with Crippen molar-refractivity contribution in [3.8, 4) is 0 Å². The third kappa shape index (κ3) is 4.20. The molecule has 1 saturated heterocycles. The molecule has 1 N–H and O–H groups in total. The van der Waals surface area contributed by atoms with E-state index in [1.54, 1.807) is 27.0 Å². The first-order chi connectivity index (χ1) is 10.9. The molecule has 1 aliphatic heterocycles. The van der Waals surface area contributed by atoms with Gasteiger partial charge in [-0.1, -0.05) is 5.21 Å². The number of esters is 1. The molecule has 1 fully saturated rings. The van der Waals surface area contributed by atoms with Crippen molar-refractivity contribution in [2.24, 2.45) is 5.41 Å². The highest BCUT2D eigenvalue weighted by molar-refractivity contribution is 7.84. The highest BCUT2D eigenvalue weighted by Crippen LogP contribution is 2.30. The van der Waals surface area contributed by atoms with Crippen LogP contribution >= 0.6 is 0 Å². The Bertz CT molecular complexity index is 626. The van der Waals surface area contributed by atoms with Gasteiger partial charge in [-0.15, -0.1) is 5.10 Å². The van der Waals surface area contributed by atoms with Crippen molar-refractivity contribution in [2.75, 3.05) is 13.2 Å². The van der Waals surface area contributed by atoms with Gasteiger partial charge in [0.05, 0.1) is 40.6 Å². The highest BCUT2D eigenvalue weighted by Gasteiger charge is 2.45. The largest absolute Gasteiger partial charge is 0.442 e. The number of carbonyl (C=O) groups excluding carboxylic acids is 1. The van der Waals surface area contributed by atoms with Gasteiger partial charge in [0.25, 0.3) is 0 Å². The fourth-order valence-corrected chi connectivity index (χ4v) is 2.70. The highest BCUT2D eigenvalue weighted by atomic mass is 32.2. The molecule has 0 radical (unpaired) electrons. The molecule has 1 atom stereocenters. The maximum atomic E-state index is 12.4. The molecule has 1 aromatic heterocycles. The Morgan fingerprint density at radius 2 is 2.00 bits per heavy atom. The van der Waals surface area contributed by atoms with E-state index in [0.717, 1.165) is 0 Å². The van der Waals surface area contributed by atoms with E-state index in [1.807, 2.05) is 20.8 Å². The van der Waals surface area contributed by atoms with E-state index in [-0.39, 0.29) is 12.7 Å². The number of nitrogens with one attached hydrogen (secondary N) is 1. The zero-order valence-electron chi connectivity index (χ0n) is 15.1. The monoisotopic (exact) mass is 358 g/mol. The van der Waals surface area contributed by atoms with Gasteiger partial charge in [-0.2, -0.15) is 0 Å². The Labute approximate surface area is 144 Å². The molecule has 0 bridgehead atoms. The summed E-state index contributed by atoms with van der Waals surface area (Å²) < 4.78 is 27.1. The Morgan fingerprint density at radius 3 is 2.46 bits per heavy atom. The Morgan fingerprint density at radius 1 is 1.38 bits per heavy atom. The van der Waals surface area contributed by atoms with E-state index in [2.05, 4.69) is 15.0 Å². The summed E-state index contributed by atoms with van der Waals surface area (Å²) >= 11 is 0. The lowest BCUT2D eigenvalue weighted by Crippen LogP contribution is -2.60. The molecule has 2 rings (SSSR count). The fourth-order valence-electron chi connectivity index (χ4n) is 1.82. The predicted octanol–water partition coefficient (Wildman–Crippen LogP) is 1.10. The van der Waals surface area contributed by atoms with Crippen molar-refractivity contribution in [1.29, 1.82) is 0 Å². The van der Waals surface area contributed by atoms with Crippen molar-refractivity contribution in [3.05, 3.63) is 11.9 Å². The SMILES string of the molecule is CC(C)(C)C(=O)OCn1cc(C2(NS(=O)C(C)(C)C)COC2)nn1. The summed E-state index contributed by atoms with van der Waals surface area (Å²) in [7, 11) is -1.26. The van der Waals surface area contributed by atoms with Crippen LogP contribution in [0.4, 0.5) is 0 Å². The minimum Gasteiger partial charge on any atom is -0.442 e. The molecule has 0 saturated carbocycles. The lowest BCUT2D eigenvalue weighted by Gasteiger charge is -2.41. The molecule has 1 aromatic rings. The number of nitrogens with zero attached hydrogens (tertiary/aromatic N) is 3. The topological polar surface area (TPSA) is 95.3 Å². The van der Waals surface area contributed by atoms with Crippen LogP contribution in [-0.2, 0) is 37.5 Å². The average molecular weight is 358 g/mol. The molecule has 0 aromatic carbocycles. The summed E-state index contributed by atoms with van der Waals surface area (Å²) in [5.74, 6) is -0.312. The molecule has 1 unspecified atom stereocenters. The van der Waals surface area contributed by atoms with Crippen LogP contribution in [0.3, 0.4) is 0 Å². The van der Waals surface area contributed by atoms with Gasteiger partial charge in [0.1, 0.15) is 11.2 Å². The van der Waals surface area contributed by atoms with Crippen LogP contribution in [0.5, 0.6) is 0 Å². The number of aromatic nitrogens is 3. The van der Waals surface area contributed by atoms with Gasteiger partial charge in [-0.05, 0) is 41.5 Å². The van der Waals surface area contributed by atoms with Crippen LogP contribution in [0.2, 0.25) is 0 Å². The molecule has 1 aliphatic rings. The summed E-state index contributed by atoms with van der Waals surface area (Å²) in [6.07, 6.45) is 1.69. The molecule has 2 heterocycles. The number of ether oxygens (including phenoxy) is 2. The second-order valence-corrected chi connectivity index (χ2v) is 9.98. The summed E-state index contributed by atoms with van der Waals surface area (Å²) in [4.78, 5) is 11.8. The first kappa shape index (κ1) is 19.0. The maximum absolute atomic E-state index is 12.4. The van der Waals surface area contributed by atoms with Crippen LogP contribution < -0.4 is 4.72 Å². The average Bonchev–Trinajstić information content (AvgIpc) is 2.86. The molecule has 24 heavy (non-hydrogen) atoms. The Balaban J connectivity index is 2.05. The molecule has 8 nitrogen and oxygen atoms in total. The molecule has 0 spiro atoms. The molecular formula is C15H26N4O4S. The van der Waals surface area contributed by atoms with Gasteiger partial charge >= 0.3 is 5.97 Å². The molecule has 9 heteroatoms. The summed E-state index contributed by atoms with van der Waals surface area (Å²) in [6, 6.07) is 0. The first-order valence-corrected chi connectivity index (χ1v) is 8.94. The van der Waals surface area contributed by atoms with E-state index in [0.29, 0.717) is 18.9 Å². The normalized spacial score (nSPS) is 18.8. The van der Waals surface area contributed by atoms with Crippen LogP contribution in [0.1, 0.15) is 47.2 Å². The van der Waals surface area contributed by atoms with Gasteiger partial charge in [0.2, 0.25) is 0 Å². The minimum absolute atomic E-state index is 0.0115. The number of hydrogen-bond donors (Lipinski definition) is 1.